The van der Waals surface area contributed by atoms with E-state index in [1.807, 2.05) is 6.07 Å². The van der Waals surface area contributed by atoms with Crippen LogP contribution in [0.4, 0.5) is 17.1 Å². The van der Waals surface area contributed by atoms with Gasteiger partial charge >= 0.3 is 0 Å². The zero-order valence-corrected chi connectivity index (χ0v) is 12.1. The fraction of sp³-hybridized carbons (Fsp3) is 0.533. The van der Waals surface area contributed by atoms with E-state index in [9.17, 15) is 14.9 Å². The third-order valence-corrected chi connectivity index (χ3v) is 4.70. The van der Waals surface area contributed by atoms with Crippen molar-refractivity contribution >= 4 is 23.0 Å². The van der Waals surface area contributed by atoms with Crippen molar-refractivity contribution in [1.29, 1.82) is 0 Å². The standard InChI is InChI=1S/C15H19N3O3/c1-2-15(6-3-7-15)17-12-8-10-4-5-14(19)16-11(10)9-13(12)18(20)21/h8-9,17H,2-7H2,1H3,(H,16,19). The van der Waals surface area contributed by atoms with E-state index in [4.69, 9.17) is 0 Å². The van der Waals surface area contributed by atoms with Crippen LogP contribution in [0.3, 0.4) is 0 Å². The molecule has 0 saturated heterocycles. The molecule has 1 amide bonds. The van der Waals surface area contributed by atoms with Crippen molar-refractivity contribution in [1.82, 2.24) is 0 Å². The molecule has 0 atom stereocenters. The van der Waals surface area contributed by atoms with Gasteiger partial charge in [0.05, 0.1) is 10.6 Å². The fourth-order valence-electron chi connectivity index (χ4n) is 3.12. The number of aryl methyl sites for hydroxylation is 1. The van der Waals surface area contributed by atoms with Crippen molar-refractivity contribution in [3.8, 4) is 0 Å². The van der Waals surface area contributed by atoms with E-state index in [2.05, 4.69) is 17.6 Å². The molecule has 0 unspecified atom stereocenters. The zero-order chi connectivity index (χ0) is 15.0. The maximum absolute atomic E-state index is 11.4. The molecule has 0 radical (unpaired) electrons. The van der Waals surface area contributed by atoms with Crippen molar-refractivity contribution in [2.45, 2.75) is 51.0 Å². The molecule has 6 heteroatoms. The summed E-state index contributed by atoms with van der Waals surface area (Å²) in [6.07, 6.45) is 5.28. The number of anilines is 2. The molecule has 1 fully saturated rings. The third kappa shape index (κ3) is 2.46. The predicted octanol–water partition coefficient (Wildman–Crippen LogP) is 3.22. The molecule has 1 saturated carbocycles. The molecule has 0 spiro atoms. The van der Waals surface area contributed by atoms with Crippen LogP contribution in [0.1, 0.15) is 44.6 Å². The Morgan fingerprint density at radius 2 is 2.14 bits per heavy atom. The molecule has 1 aromatic rings. The molecule has 1 aromatic carbocycles. The lowest BCUT2D eigenvalue weighted by molar-refractivity contribution is -0.384. The van der Waals surface area contributed by atoms with Gasteiger partial charge in [0.2, 0.25) is 5.91 Å². The van der Waals surface area contributed by atoms with Gasteiger partial charge in [0.25, 0.3) is 5.69 Å². The van der Waals surface area contributed by atoms with Crippen LogP contribution in [0.2, 0.25) is 0 Å². The van der Waals surface area contributed by atoms with Gasteiger partial charge in [0.1, 0.15) is 5.69 Å². The molecule has 112 valence electrons. The largest absolute Gasteiger partial charge is 0.374 e. The van der Waals surface area contributed by atoms with E-state index in [1.165, 1.54) is 6.07 Å². The van der Waals surface area contributed by atoms with Crippen LogP contribution in [0.5, 0.6) is 0 Å². The number of hydrogen-bond donors (Lipinski definition) is 2. The molecule has 6 nitrogen and oxygen atoms in total. The van der Waals surface area contributed by atoms with Crippen LogP contribution in [-0.2, 0) is 11.2 Å². The summed E-state index contributed by atoms with van der Waals surface area (Å²) >= 11 is 0. The van der Waals surface area contributed by atoms with Gasteiger partial charge < -0.3 is 10.6 Å². The average Bonchev–Trinajstić information content (AvgIpc) is 2.42. The van der Waals surface area contributed by atoms with E-state index < -0.39 is 0 Å². The Morgan fingerprint density at radius 3 is 2.71 bits per heavy atom. The zero-order valence-electron chi connectivity index (χ0n) is 12.1. The number of carbonyl (C=O) groups excluding carboxylic acids is 1. The minimum absolute atomic E-state index is 0.00306. The van der Waals surface area contributed by atoms with Crippen LogP contribution >= 0.6 is 0 Å². The quantitative estimate of drug-likeness (QED) is 0.658. The number of nitro benzene ring substituents is 1. The molecule has 1 heterocycles. The Morgan fingerprint density at radius 1 is 1.38 bits per heavy atom. The molecule has 1 aliphatic heterocycles. The molecular formula is C15H19N3O3. The number of rotatable bonds is 4. The topological polar surface area (TPSA) is 84.3 Å². The lowest BCUT2D eigenvalue weighted by Gasteiger charge is -2.42. The van der Waals surface area contributed by atoms with Gasteiger partial charge in [-0.1, -0.05) is 6.92 Å². The first-order chi connectivity index (χ1) is 10.0. The minimum Gasteiger partial charge on any atom is -0.374 e. The number of amides is 1. The summed E-state index contributed by atoms with van der Waals surface area (Å²) in [5.41, 5.74) is 2.15. The molecule has 3 rings (SSSR count). The fourth-order valence-corrected chi connectivity index (χ4v) is 3.12. The van der Waals surface area contributed by atoms with Crippen molar-refractivity contribution < 1.29 is 9.72 Å². The van der Waals surface area contributed by atoms with E-state index in [0.717, 1.165) is 31.2 Å². The molecule has 21 heavy (non-hydrogen) atoms. The summed E-state index contributed by atoms with van der Waals surface area (Å²) in [5.74, 6) is -0.0819. The van der Waals surface area contributed by atoms with Crippen molar-refractivity contribution in [2.75, 3.05) is 10.6 Å². The highest BCUT2D eigenvalue weighted by atomic mass is 16.6. The second-order valence-electron chi connectivity index (χ2n) is 5.94. The number of nitro groups is 1. The summed E-state index contributed by atoms with van der Waals surface area (Å²) in [5, 5.41) is 17.4. The van der Waals surface area contributed by atoms with Crippen LogP contribution in [-0.4, -0.2) is 16.4 Å². The highest BCUT2D eigenvalue weighted by molar-refractivity contribution is 5.95. The van der Waals surface area contributed by atoms with Crippen LogP contribution in [0.15, 0.2) is 12.1 Å². The number of benzene rings is 1. The Labute approximate surface area is 123 Å². The second-order valence-corrected chi connectivity index (χ2v) is 5.94. The first-order valence-corrected chi connectivity index (χ1v) is 7.42. The highest BCUT2D eigenvalue weighted by Crippen LogP contribution is 2.42. The average molecular weight is 289 g/mol. The lowest BCUT2D eigenvalue weighted by Crippen LogP contribution is -2.44. The lowest BCUT2D eigenvalue weighted by atomic mass is 9.74. The normalized spacial score (nSPS) is 19.2. The second kappa shape index (κ2) is 5.02. The molecular weight excluding hydrogens is 270 g/mol. The SMILES string of the molecule is CCC1(Nc2cc3c(cc2[N+](=O)[O-])NC(=O)CC3)CCC1. The van der Waals surface area contributed by atoms with Crippen molar-refractivity contribution in [3.05, 3.63) is 27.8 Å². The molecule has 2 aliphatic rings. The van der Waals surface area contributed by atoms with Crippen molar-refractivity contribution in [2.24, 2.45) is 0 Å². The Hall–Kier alpha value is -2.11. The van der Waals surface area contributed by atoms with E-state index in [-0.39, 0.29) is 22.1 Å². The molecule has 0 bridgehead atoms. The number of fused-ring (bicyclic) bond motifs is 1. The maximum Gasteiger partial charge on any atom is 0.294 e. The van der Waals surface area contributed by atoms with E-state index in [1.54, 1.807) is 0 Å². The Balaban J connectivity index is 1.98. The van der Waals surface area contributed by atoms with Gasteiger partial charge in [-0.2, -0.15) is 0 Å². The Kier molecular flexibility index (Phi) is 3.31. The number of carbonyl (C=O) groups is 1. The van der Waals surface area contributed by atoms with Crippen LogP contribution < -0.4 is 10.6 Å². The molecule has 1 aliphatic carbocycles. The summed E-state index contributed by atoms with van der Waals surface area (Å²) in [6.45, 7) is 2.11. The predicted molar refractivity (Wildman–Crippen MR) is 80.5 cm³/mol. The van der Waals surface area contributed by atoms with E-state index in [0.29, 0.717) is 24.2 Å². The van der Waals surface area contributed by atoms with Gasteiger partial charge in [-0.15, -0.1) is 0 Å². The highest BCUT2D eigenvalue weighted by Gasteiger charge is 2.37. The molecule has 0 aromatic heterocycles. The van der Waals surface area contributed by atoms with Gasteiger partial charge in [-0.3, -0.25) is 14.9 Å². The van der Waals surface area contributed by atoms with E-state index >= 15 is 0 Å². The first kappa shape index (κ1) is 13.9. The van der Waals surface area contributed by atoms with Crippen LogP contribution in [0, 0.1) is 10.1 Å². The number of nitrogens with zero attached hydrogens (tertiary/aromatic N) is 1. The number of nitrogens with one attached hydrogen (secondary N) is 2. The molecule has 2 N–H and O–H groups in total. The minimum atomic E-state index is -0.384. The first-order valence-electron chi connectivity index (χ1n) is 7.42. The van der Waals surface area contributed by atoms with Gasteiger partial charge in [-0.25, -0.2) is 0 Å². The summed E-state index contributed by atoms with van der Waals surface area (Å²) in [6, 6.07) is 3.32. The van der Waals surface area contributed by atoms with Gasteiger partial charge in [0, 0.05) is 18.0 Å². The smallest absolute Gasteiger partial charge is 0.294 e. The maximum atomic E-state index is 11.4. The van der Waals surface area contributed by atoms with Crippen molar-refractivity contribution in [3.63, 3.8) is 0 Å². The summed E-state index contributed by atoms with van der Waals surface area (Å²) < 4.78 is 0. The van der Waals surface area contributed by atoms with Gasteiger partial charge in [-0.05, 0) is 43.7 Å². The Bertz CT molecular complexity index is 603. The summed E-state index contributed by atoms with van der Waals surface area (Å²) in [4.78, 5) is 22.4. The van der Waals surface area contributed by atoms with Crippen LogP contribution in [0.25, 0.3) is 0 Å². The summed E-state index contributed by atoms with van der Waals surface area (Å²) in [7, 11) is 0. The number of hydrogen-bond acceptors (Lipinski definition) is 4. The van der Waals surface area contributed by atoms with Gasteiger partial charge in [0.15, 0.2) is 0 Å². The monoisotopic (exact) mass is 289 g/mol. The third-order valence-electron chi connectivity index (χ3n) is 4.70.